The molecule has 2 nitrogen and oxygen atoms in total. The first kappa shape index (κ1) is 13.7. The van der Waals surface area contributed by atoms with Gasteiger partial charge in [0.05, 0.1) is 0 Å². The van der Waals surface area contributed by atoms with E-state index in [0.717, 1.165) is 16.7 Å². The Morgan fingerprint density at radius 1 is 0.905 bits per heavy atom. The second-order valence-corrected chi connectivity index (χ2v) is 5.11. The lowest BCUT2D eigenvalue weighted by Crippen LogP contribution is -1.96. The number of fused-ring (bicyclic) bond motifs is 1. The maximum absolute atomic E-state index is 11.0. The highest BCUT2D eigenvalue weighted by molar-refractivity contribution is 6.67. The van der Waals surface area contributed by atoms with Crippen LogP contribution in [0.1, 0.15) is 15.9 Å². The number of hydrogen-bond donors (Lipinski definition) is 0. The van der Waals surface area contributed by atoms with Crippen LogP contribution in [0.3, 0.4) is 0 Å². The Kier molecular flexibility index (Phi) is 3.89. The molecule has 0 aliphatic heterocycles. The molecule has 0 atom stereocenters. The summed E-state index contributed by atoms with van der Waals surface area (Å²) < 4.78 is 5.78. The standard InChI is InChI=1S/C18H13ClO2/c19-18(20)15-7-5-13(6-8-15)12-21-17-10-9-14-3-1-2-4-16(14)11-17/h1-11H,12H2. The third kappa shape index (κ3) is 3.23. The van der Waals surface area contributed by atoms with Gasteiger partial charge in [-0.05, 0) is 52.2 Å². The van der Waals surface area contributed by atoms with Crippen LogP contribution in [-0.2, 0) is 6.61 Å². The molecule has 0 bridgehead atoms. The van der Waals surface area contributed by atoms with Gasteiger partial charge in [-0.1, -0.05) is 42.5 Å². The van der Waals surface area contributed by atoms with Gasteiger partial charge in [0.2, 0.25) is 0 Å². The smallest absolute Gasteiger partial charge is 0.252 e. The molecule has 0 aliphatic carbocycles. The summed E-state index contributed by atoms with van der Waals surface area (Å²) in [4.78, 5) is 11.0. The molecule has 104 valence electrons. The van der Waals surface area contributed by atoms with Crippen LogP contribution in [0, 0.1) is 0 Å². The zero-order valence-corrected chi connectivity index (χ0v) is 12.0. The minimum atomic E-state index is -0.447. The van der Waals surface area contributed by atoms with Gasteiger partial charge >= 0.3 is 0 Å². The van der Waals surface area contributed by atoms with E-state index in [4.69, 9.17) is 16.3 Å². The molecule has 3 aromatic rings. The van der Waals surface area contributed by atoms with E-state index < -0.39 is 5.24 Å². The first-order valence-electron chi connectivity index (χ1n) is 6.63. The van der Waals surface area contributed by atoms with E-state index in [-0.39, 0.29) is 0 Å². The molecular weight excluding hydrogens is 284 g/mol. The molecule has 0 unspecified atom stereocenters. The summed E-state index contributed by atoms with van der Waals surface area (Å²) in [5, 5.41) is 1.89. The van der Waals surface area contributed by atoms with Crippen molar-refractivity contribution in [2.45, 2.75) is 6.61 Å². The summed E-state index contributed by atoms with van der Waals surface area (Å²) in [7, 11) is 0. The molecule has 21 heavy (non-hydrogen) atoms. The molecule has 0 saturated carbocycles. The normalized spacial score (nSPS) is 10.5. The van der Waals surface area contributed by atoms with Crippen molar-refractivity contribution in [1.82, 2.24) is 0 Å². The first-order valence-corrected chi connectivity index (χ1v) is 7.00. The van der Waals surface area contributed by atoms with Crippen molar-refractivity contribution in [3.63, 3.8) is 0 Å². The van der Waals surface area contributed by atoms with Crippen molar-refractivity contribution in [1.29, 1.82) is 0 Å². The lowest BCUT2D eigenvalue weighted by Gasteiger charge is -2.08. The second kappa shape index (κ2) is 5.98. The Hall–Kier alpha value is -2.32. The largest absolute Gasteiger partial charge is 0.489 e. The number of ether oxygens (including phenoxy) is 1. The second-order valence-electron chi connectivity index (χ2n) is 4.77. The van der Waals surface area contributed by atoms with Crippen LogP contribution in [-0.4, -0.2) is 5.24 Å². The summed E-state index contributed by atoms with van der Waals surface area (Å²) in [6.07, 6.45) is 0. The summed E-state index contributed by atoms with van der Waals surface area (Å²) >= 11 is 5.41. The topological polar surface area (TPSA) is 26.3 Å². The minimum Gasteiger partial charge on any atom is -0.489 e. The molecular formula is C18H13ClO2. The zero-order valence-electron chi connectivity index (χ0n) is 11.3. The Bertz CT molecular complexity index is 779. The monoisotopic (exact) mass is 296 g/mol. The lowest BCUT2D eigenvalue weighted by atomic mass is 10.1. The summed E-state index contributed by atoms with van der Waals surface area (Å²) in [5.41, 5.74) is 1.48. The van der Waals surface area contributed by atoms with Gasteiger partial charge < -0.3 is 4.74 Å². The number of halogens is 1. The molecule has 0 heterocycles. The predicted octanol–water partition coefficient (Wildman–Crippen LogP) is 4.80. The van der Waals surface area contributed by atoms with Crippen molar-refractivity contribution in [2.75, 3.05) is 0 Å². The highest BCUT2D eigenvalue weighted by Gasteiger charge is 2.02. The fourth-order valence-electron chi connectivity index (χ4n) is 2.16. The molecule has 0 radical (unpaired) electrons. The molecule has 0 spiro atoms. The van der Waals surface area contributed by atoms with Crippen LogP contribution in [0.4, 0.5) is 0 Å². The van der Waals surface area contributed by atoms with Gasteiger partial charge in [0.15, 0.2) is 0 Å². The van der Waals surface area contributed by atoms with Crippen molar-refractivity contribution in [3.05, 3.63) is 77.9 Å². The van der Waals surface area contributed by atoms with E-state index >= 15 is 0 Å². The maximum Gasteiger partial charge on any atom is 0.252 e. The average molecular weight is 297 g/mol. The Balaban J connectivity index is 1.72. The molecule has 3 rings (SSSR count). The zero-order chi connectivity index (χ0) is 14.7. The fourth-order valence-corrected chi connectivity index (χ4v) is 2.28. The summed E-state index contributed by atoms with van der Waals surface area (Å²) in [5.74, 6) is 0.825. The molecule has 0 fully saturated rings. The third-order valence-electron chi connectivity index (χ3n) is 3.31. The van der Waals surface area contributed by atoms with Crippen LogP contribution < -0.4 is 4.74 Å². The van der Waals surface area contributed by atoms with E-state index in [1.165, 1.54) is 5.39 Å². The SMILES string of the molecule is O=C(Cl)c1ccc(COc2ccc3ccccc3c2)cc1. The number of rotatable bonds is 4. The quantitative estimate of drug-likeness (QED) is 0.647. The number of hydrogen-bond acceptors (Lipinski definition) is 2. The third-order valence-corrected chi connectivity index (χ3v) is 3.53. The van der Waals surface area contributed by atoms with Gasteiger partial charge in [-0.3, -0.25) is 4.79 Å². The van der Waals surface area contributed by atoms with Gasteiger partial charge in [-0.25, -0.2) is 0 Å². The van der Waals surface area contributed by atoms with Gasteiger partial charge in [0.25, 0.3) is 5.24 Å². The highest BCUT2D eigenvalue weighted by atomic mass is 35.5. The van der Waals surface area contributed by atoms with Crippen molar-refractivity contribution < 1.29 is 9.53 Å². The van der Waals surface area contributed by atoms with Crippen molar-refractivity contribution in [2.24, 2.45) is 0 Å². The minimum absolute atomic E-state index is 0.447. The Morgan fingerprint density at radius 3 is 2.33 bits per heavy atom. The van der Waals surface area contributed by atoms with Crippen molar-refractivity contribution in [3.8, 4) is 5.75 Å². The predicted molar refractivity (Wildman–Crippen MR) is 84.9 cm³/mol. The van der Waals surface area contributed by atoms with Crippen LogP contribution in [0.2, 0.25) is 0 Å². The van der Waals surface area contributed by atoms with Crippen molar-refractivity contribution >= 4 is 27.6 Å². The van der Waals surface area contributed by atoms with Crippen LogP contribution in [0.5, 0.6) is 5.75 Å². The maximum atomic E-state index is 11.0. The molecule has 0 aromatic heterocycles. The molecule has 0 amide bonds. The molecule has 0 saturated heterocycles. The average Bonchev–Trinajstić information content (AvgIpc) is 2.53. The number of carbonyl (C=O) groups excluding carboxylic acids is 1. The summed E-state index contributed by atoms with van der Waals surface area (Å²) in [6.45, 7) is 0.453. The first-order chi connectivity index (χ1) is 10.2. The van der Waals surface area contributed by atoms with Crippen LogP contribution in [0.15, 0.2) is 66.7 Å². The number of carbonyl (C=O) groups is 1. The van der Waals surface area contributed by atoms with E-state index in [1.807, 2.05) is 42.5 Å². The van der Waals surface area contributed by atoms with Crippen LogP contribution >= 0.6 is 11.6 Å². The van der Waals surface area contributed by atoms with Gasteiger partial charge in [-0.2, -0.15) is 0 Å². The van der Waals surface area contributed by atoms with Gasteiger partial charge in [0.1, 0.15) is 12.4 Å². The Morgan fingerprint density at radius 2 is 1.62 bits per heavy atom. The van der Waals surface area contributed by atoms with E-state index in [9.17, 15) is 4.79 Å². The molecule has 3 heteroatoms. The fraction of sp³-hybridized carbons (Fsp3) is 0.0556. The highest BCUT2D eigenvalue weighted by Crippen LogP contribution is 2.21. The number of benzene rings is 3. The Labute approximate surface area is 127 Å². The molecule has 3 aromatic carbocycles. The van der Waals surface area contributed by atoms with E-state index in [2.05, 4.69) is 12.1 Å². The van der Waals surface area contributed by atoms with Gasteiger partial charge in [0, 0.05) is 5.56 Å². The lowest BCUT2D eigenvalue weighted by molar-refractivity contribution is 0.108. The van der Waals surface area contributed by atoms with Gasteiger partial charge in [-0.15, -0.1) is 0 Å². The molecule has 0 aliphatic rings. The van der Waals surface area contributed by atoms with E-state index in [0.29, 0.717) is 12.2 Å². The molecule has 0 N–H and O–H groups in total. The van der Waals surface area contributed by atoms with E-state index in [1.54, 1.807) is 12.1 Å². The van der Waals surface area contributed by atoms with Crippen LogP contribution in [0.25, 0.3) is 10.8 Å². The summed E-state index contributed by atoms with van der Waals surface area (Å²) in [6, 6.07) is 21.3.